The van der Waals surface area contributed by atoms with Gasteiger partial charge in [0.05, 0.1) is 30.3 Å². The molecule has 5 rings (SSSR count). The number of nitrogens with one attached hydrogen (secondary N) is 1. The summed E-state index contributed by atoms with van der Waals surface area (Å²) in [6, 6.07) is 19.5. The van der Waals surface area contributed by atoms with Crippen LogP contribution in [0.15, 0.2) is 66.7 Å². The first-order valence-corrected chi connectivity index (χ1v) is 17.3. The highest BCUT2D eigenvalue weighted by molar-refractivity contribution is 7.52. The Bertz CT molecular complexity index is 1860. The Morgan fingerprint density at radius 1 is 1.00 bits per heavy atom. The first-order valence-electron chi connectivity index (χ1n) is 15.8. The summed E-state index contributed by atoms with van der Waals surface area (Å²) in [5.41, 5.74) is 8.48. The first kappa shape index (κ1) is 33.3. The summed E-state index contributed by atoms with van der Waals surface area (Å²) >= 11 is 0. The first-order chi connectivity index (χ1) is 22.3. The van der Waals surface area contributed by atoms with Crippen LogP contribution in [0.5, 0.6) is 5.75 Å². The molecule has 3 atom stereocenters. The number of fused-ring (bicyclic) bond motifs is 4. The third kappa shape index (κ3) is 7.34. The van der Waals surface area contributed by atoms with Gasteiger partial charge in [0, 0.05) is 17.4 Å². The van der Waals surface area contributed by atoms with Gasteiger partial charge in [-0.1, -0.05) is 74.9 Å². The van der Waals surface area contributed by atoms with E-state index in [1.165, 1.54) is 0 Å². The molecule has 11 nitrogen and oxygen atoms in total. The minimum absolute atomic E-state index is 0.0374. The van der Waals surface area contributed by atoms with Gasteiger partial charge in [-0.15, -0.1) is 0 Å². The molecule has 0 amide bonds. The molecule has 0 radical (unpaired) electrons. The topological polar surface area (TPSA) is 140 Å². The highest BCUT2D eigenvalue weighted by Crippen LogP contribution is 2.48. The van der Waals surface area contributed by atoms with Gasteiger partial charge in [0.1, 0.15) is 29.7 Å². The van der Waals surface area contributed by atoms with Gasteiger partial charge in [0.15, 0.2) is 5.82 Å². The van der Waals surface area contributed by atoms with Gasteiger partial charge in [0.2, 0.25) is 0 Å². The third-order valence-corrected chi connectivity index (χ3v) is 9.38. The van der Waals surface area contributed by atoms with Crippen LogP contribution in [0.4, 0.5) is 5.82 Å². The Balaban J connectivity index is 1.52. The maximum Gasteiger partial charge on any atom is 0.459 e. The smallest absolute Gasteiger partial charge is 0.459 e. The quantitative estimate of drug-likeness (QED) is 0.0635. The second-order valence-electron chi connectivity index (χ2n) is 11.0. The van der Waals surface area contributed by atoms with Crippen LogP contribution >= 0.6 is 7.75 Å². The Kier molecular flexibility index (Phi) is 10.9. The number of esters is 1. The van der Waals surface area contributed by atoms with Crippen LogP contribution in [0.2, 0.25) is 0 Å². The Morgan fingerprint density at radius 3 is 2.50 bits per heavy atom. The monoisotopic (exact) mass is 647 g/mol. The summed E-state index contributed by atoms with van der Waals surface area (Å²) in [5, 5.41) is 5.38. The standard InChI is InChI=1S/C34H42N5O6P/c1-5-8-20-43-34(40)23(4)38-46(41,45-29-19-13-15-24-14-9-10-16-26(24)29)44-21-25(6-2)39-30(22-42-7-3)37-31-32(39)27-17-11-12-18-28(27)36-33(31)35/h9-19,23,25H,5-8,20-22H2,1-4H3,(H2,35,36)(H,38,41)/t23-,25+,46?/m0/s1. The van der Waals surface area contributed by atoms with Crippen LogP contribution in [0, 0.1) is 0 Å². The summed E-state index contributed by atoms with van der Waals surface area (Å²) in [4.78, 5) is 22.2. The lowest BCUT2D eigenvalue weighted by Gasteiger charge is -2.27. The number of carbonyl (C=O) groups is 1. The van der Waals surface area contributed by atoms with Gasteiger partial charge < -0.3 is 24.3 Å². The zero-order chi connectivity index (χ0) is 32.7. The molecule has 5 aromatic rings. The van der Waals surface area contributed by atoms with Crippen LogP contribution in [-0.4, -0.2) is 46.4 Å². The molecular weight excluding hydrogens is 605 g/mol. The predicted octanol–water partition coefficient (Wildman–Crippen LogP) is 7.33. The van der Waals surface area contributed by atoms with Crippen molar-refractivity contribution in [3.8, 4) is 5.75 Å². The molecule has 12 heteroatoms. The lowest BCUT2D eigenvalue weighted by molar-refractivity contribution is -0.145. The number of para-hydroxylation sites is 1. The highest BCUT2D eigenvalue weighted by Gasteiger charge is 2.34. The molecule has 0 bridgehead atoms. The third-order valence-electron chi connectivity index (χ3n) is 7.75. The van der Waals surface area contributed by atoms with Gasteiger partial charge in [-0.25, -0.2) is 14.5 Å². The van der Waals surface area contributed by atoms with Gasteiger partial charge in [-0.2, -0.15) is 5.09 Å². The average molecular weight is 648 g/mol. The number of aromatic nitrogens is 3. The molecule has 0 spiro atoms. The molecule has 3 N–H and O–H groups in total. The molecule has 0 aliphatic heterocycles. The van der Waals surface area contributed by atoms with E-state index in [4.69, 9.17) is 29.2 Å². The number of ether oxygens (including phenoxy) is 2. The van der Waals surface area contributed by atoms with Crippen molar-refractivity contribution in [3.63, 3.8) is 0 Å². The normalized spacial score (nSPS) is 14.3. The average Bonchev–Trinajstić information content (AvgIpc) is 3.44. The van der Waals surface area contributed by atoms with Crippen molar-refractivity contribution in [3.05, 3.63) is 72.6 Å². The van der Waals surface area contributed by atoms with Crippen molar-refractivity contribution in [2.24, 2.45) is 0 Å². The number of carbonyl (C=O) groups excluding carboxylic acids is 1. The minimum Gasteiger partial charge on any atom is -0.465 e. The number of nitrogen functional groups attached to an aromatic ring is 1. The number of unbranched alkanes of at least 4 members (excludes halogenated alkanes) is 1. The zero-order valence-corrected chi connectivity index (χ0v) is 27.7. The molecule has 3 aromatic carbocycles. The molecule has 46 heavy (non-hydrogen) atoms. The molecular formula is C34H42N5O6P. The summed E-state index contributed by atoms with van der Waals surface area (Å²) < 4.78 is 40.2. The second kappa shape index (κ2) is 15.0. The van der Waals surface area contributed by atoms with E-state index >= 15 is 0 Å². The van der Waals surface area contributed by atoms with Crippen molar-refractivity contribution >= 4 is 52.2 Å². The van der Waals surface area contributed by atoms with Crippen molar-refractivity contribution in [2.75, 3.05) is 25.6 Å². The van der Waals surface area contributed by atoms with E-state index in [1.807, 2.05) is 86.0 Å². The fraction of sp³-hybridized carbons (Fsp3) is 0.382. The van der Waals surface area contributed by atoms with E-state index in [1.54, 1.807) is 13.0 Å². The molecule has 0 fully saturated rings. The number of hydrogen-bond donors (Lipinski definition) is 2. The molecule has 0 saturated carbocycles. The van der Waals surface area contributed by atoms with Crippen LogP contribution in [0.3, 0.4) is 0 Å². The number of benzene rings is 3. The van der Waals surface area contributed by atoms with Crippen LogP contribution in [0.1, 0.15) is 58.8 Å². The summed E-state index contributed by atoms with van der Waals surface area (Å²) in [5.74, 6) is 0.772. The Hall–Kier alpha value is -4.02. The molecule has 0 saturated heterocycles. The lowest BCUT2D eigenvalue weighted by atomic mass is 10.1. The van der Waals surface area contributed by atoms with Gasteiger partial charge in [0.25, 0.3) is 0 Å². The second-order valence-corrected chi connectivity index (χ2v) is 12.7. The number of hydrogen-bond acceptors (Lipinski definition) is 9. The van der Waals surface area contributed by atoms with Crippen molar-refractivity contribution in [1.29, 1.82) is 0 Å². The highest BCUT2D eigenvalue weighted by atomic mass is 31.2. The van der Waals surface area contributed by atoms with Gasteiger partial charge >= 0.3 is 13.7 Å². The van der Waals surface area contributed by atoms with E-state index in [0.717, 1.165) is 40.0 Å². The van der Waals surface area contributed by atoms with Gasteiger partial charge in [-0.3, -0.25) is 9.32 Å². The largest absolute Gasteiger partial charge is 0.465 e. The number of rotatable bonds is 16. The number of pyridine rings is 1. The molecule has 244 valence electrons. The molecule has 2 heterocycles. The van der Waals surface area contributed by atoms with Crippen molar-refractivity contribution < 1.29 is 27.9 Å². The van der Waals surface area contributed by atoms with E-state index in [-0.39, 0.29) is 25.9 Å². The zero-order valence-electron chi connectivity index (χ0n) is 26.8. The predicted molar refractivity (Wildman–Crippen MR) is 181 cm³/mol. The summed E-state index contributed by atoms with van der Waals surface area (Å²) in [7, 11) is -4.17. The van der Waals surface area contributed by atoms with E-state index in [2.05, 4.69) is 10.1 Å². The maximum atomic E-state index is 14.6. The fourth-order valence-corrected chi connectivity index (χ4v) is 6.89. The van der Waals surface area contributed by atoms with E-state index < -0.39 is 19.8 Å². The van der Waals surface area contributed by atoms with Gasteiger partial charge in [-0.05, 0) is 44.2 Å². The Labute approximate surface area is 269 Å². The summed E-state index contributed by atoms with van der Waals surface area (Å²) in [6.45, 7) is 8.49. The summed E-state index contributed by atoms with van der Waals surface area (Å²) in [6.07, 6.45) is 2.20. The lowest BCUT2D eigenvalue weighted by Crippen LogP contribution is -2.35. The molecule has 2 aromatic heterocycles. The number of anilines is 1. The Morgan fingerprint density at radius 2 is 1.74 bits per heavy atom. The number of nitrogens with two attached hydrogens (primary N) is 1. The molecule has 0 aliphatic carbocycles. The number of imidazole rings is 1. The van der Waals surface area contributed by atoms with E-state index in [0.29, 0.717) is 35.9 Å². The minimum atomic E-state index is -4.17. The molecule has 0 aliphatic rings. The van der Waals surface area contributed by atoms with Crippen LogP contribution < -0.4 is 15.3 Å². The maximum absolute atomic E-state index is 14.6. The number of nitrogens with zero attached hydrogens (tertiary/aromatic N) is 3. The van der Waals surface area contributed by atoms with Crippen molar-refractivity contribution in [2.45, 2.75) is 65.6 Å². The van der Waals surface area contributed by atoms with Crippen LogP contribution in [-0.2, 0) is 30.0 Å². The van der Waals surface area contributed by atoms with Crippen molar-refractivity contribution in [1.82, 2.24) is 19.6 Å². The fourth-order valence-electron chi connectivity index (χ4n) is 5.34. The van der Waals surface area contributed by atoms with E-state index in [9.17, 15) is 9.36 Å². The SMILES string of the molecule is CCCCOC(=O)[C@H](C)NP(=O)(OC[C@@H](CC)n1c(COCC)nc2c(N)nc3ccccc3c21)Oc1cccc2ccccc12. The molecule has 1 unspecified atom stereocenters. The van der Waals surface area contributed by atoms with Crippen LogP contribution in [0.25, 0.3) is 32.7 Å².